The first kappa shape index (κ1) is 18.8. The number of nitrogens with one attached hydrogen (secondary N) is 1. The van der Waals surface area contributed by atoms with Gasteiger partial charge in [-0.3, -0.25) is 4.79 Å². The van der Waals surface area contributed by atoms with Gasteiger partial charge in [0, 0.05) is 6.54 Å². The summed E-state index contributed by atoms with van der Waals surface area (Å²) in [5.41, 5.74) is 5.61. The lowest BCUT2D eigenvalue weighted by molar-refractivity contribution is 0.0728. The minimum absolute atomic E-state index is 0.0703. The molecule has 5 nitrogen and oxygen atoms in total. The summed E-state index contributed by atoms with van der Waals surface area (Å²) in [6.07, 6.45) is 0.703. The number of fused-ring (bicyclic) bond motifs is 1. The van der Waals surface area contributed by atoms with Crippen molar-refractivity contribution in [2.75, 3.05) is 6.54 Å². The molecular weight excluding hydrogens is 392 g/mol. The van der Waals surface area contributed by atoms with Gasteiger partial charge in [0.1, 0.15) is 11.5 Å². The second kappa shape index (κ2) is 7.22. The standard InChI is InChI=1S/C24H22N4OS/c1-14-12-19(23-26-18-11-7-8-15(2)20(18)27-23)28(13-14)24(29)21-22(30-16(3)25-21)17-9-5-4-6-10-17/h4-11,19H,1,12-13H2,2-3H3,(H,26,27). The van der Waals surface area contributed by atoms with Crippen molar-refractivity contribution in [3.8, 4) is 10.4 Å². The summed E-state index contributed by atoms with van der Waals surface area (Å²) in [5.74, 6) is 0.735. The summed E-state index contributed by atoms with van der Waals surface area (Å²) in [6, 6.07) is 15.9. The fraction of sp³-hybridized carbons (Fsp3) is 0.208. The molecule has 0 radical (unpaired) electrons. The van der Waals surface area contributed by atoms with Gasteiger partial charge >= 0.3 is 0 Å². The number of carbonyl (C=O) groups is 1. The molecule has 1 saturated heterocycles. The van der Waals surface area contributed by atoms with E-state index in [0.717, 1.165) is 43.4 Å². The van der Waals surface area contributed by atoms with E-state index in [1.54, 1.807) is 11.3 Å². The van der Waals surface area contributed by atoms with Crippen LogP contribution in [0.1, 0.15) is 39.3 Å². The number of likely N-dealkylation sites (tertiary alicyclic amines) is 1. The molecular formula is C24H22N4OS. The predicted octanol–water partition coefficient (Wildman–Crippen LogP) is 5.45. The molecule has 1 atom stereocenters. The van der Waals surface area contributed by atoms with Crippen molar-refractivity contribution in [3.63, 3.8) is 0 Å². The molecule has 1 unspecified atom stereocenters. The van der Waals surface area contributed by atoms with E-state index in [1.165, 1.54) is 0 Å². The molecule has 0 spiro atoms. The third-order valence-corrected chi connectivity index (χ3v) is 6.55. The Morgan fingerprint density at radius 1 is 1.13 bits per heavy atom. The van der Waals surface area contributed by atoms with Crippen molar-refractivity contribution < 1.29 is 4.79 Å². The Labute approximate surface area is 179 Å². The number of carbonyl (C=O) groups excluding carboxylic acids is 1. The largest absolute Gasteiger partial charge is 0.340 e. The highest BCUT2D eigenvalue weighted by Gasteiger charge is 2.36. The van der Waals surface area contributed by atoms with E-state index < -0.39 is 0 Å². The molecule has 2 aromatic carbocycles. The number of aryl methyl sites for hydroxylation is 2. The summed E-state index contributed by atoms with van der Waals surface area (Å²) >= 11 is 1.55. The smallest absolute Gasteiger partial charge is 0.274 e. The second-order valence-corrected chi connectivity index (χ2v) is 8.98. The van der Waals surface area contributed by atoms with E-state index in [2.05, 4.69) is 16.5 Å². The Balaban J connectivity index is 1.55. The molecule has 30 heavy (non-hydrogen) atoms. The quantitative estimate of drug-likeness (QED) is 0.454. The normalized spacial score (nSPS) is 16.5. The Kier molecular flexibility index (Phi) is 4.51. The van der Waals surface area contributed by atoms with Crippen molar-refractivity contribution in [1.82, 2.24) is 19.9 Å². The molecule has 1 N–H and O–H groups in total. The van der Waals surface area contributed by atoms with Crippen LogP contribution in [-0.2, 0) is 0 Å². The summed E-state index contributed by atoms with van der Waals surface area (Å²) < 4.78 is 0. The highest BCUT2D eigenvalue weighted by atomic mass is 32.1. The first-order valence-corrected chi connectivity index (χ1v) is 10.8. The highest BCUT2D eigenvalue weighted by Crippen LogP contribution is 2.38. The lowest BCUT2D eigenvalue weighted by atomic mass is 10.1. The number of benzene rings is 2. The van der Waals surface area contributed by atoms with Gasteiger partial charge < -0.3 is 9.88 Å². The lowest BCUT2D eigenvalue weighted by Crippen LogP contribution is -2.31. The number of nitrogens with zero attached hydrogens (tertiary/aromatic N) is 3. The third kappa shape index (κ3) is 3.13. The molecule has 2 aromatic heterocycles. The Morgan fingerprint density at radius 3 is 2.70 bits per heavy atom. The number of amides is 1. The lowest BCUT2D eigenvalue weighted by Gasteiger charge is -2.22. The van der Waals surface area contributed by atoms with Crippen LogP contribution in [0.3, 0.4) is 0 Å². The maximum atomic E-state index is 13.7. The molecule has 0 saturated carbocycles. The third-order valence-electron chi connectivity index (χ3n) is 5.53. The fourth-order valence-corrected chi connectivity index (χ4v) is 5.02. The van der Waals surface area contributed by atoms with Gasteiger partial charge in [-0.15, -0.1) is 11.3 Å². The highest BCUT2D eigenvalue weighted by molar-refractivity contribution is 7.15. The minimum Gasteiger partial charge on any atom is -0.340 e. The van der Waals surface area contributed by atoms with Crippen molar-refractivity contribution in [2.45, 2.75) is 26.3 Å². The van der Waals surface area contributed by atoms with Gasteiger partial charge in [0.25, 0.3) is 5.91 Å². The molecule has 150 valence electrons. The molecule has 1 fully saturated rings. The molecule has 6 heteroatoms. The first-order valence-electron chi connectivity index (χ1n) is 9.97. The van der Waals surface area contributed by atoms with Crippen LogP contribution in [-0.4, -0.2) is 32.3 Å². The van der Waals surface area contributed by atoms with Crippen molar-refractivity contribution in [2.24, 2.45) is 0 Å². The van der Waals surface area contributed by atoms with Gasteiger partial charge in [-0.1, -0.05) is 54.6 Å². The average molecular weight is 415 g/mol. The Hall–Kier alpha value is -3.25. The van der Waals surface area contributed by atoms with Gasteiger partial charge in [-0.2, -0.15) is 0 Å². The van der Waals surface area contributed by atoms with Gasteiger partial charge in [0.15, 0.2) is 0 Å². The molecule has 5 rings (SSSR count). The SMILES string of the molecule is C=C1CC(c2nc3c(C)cccc3[nH]2)N(C(=O)c2nc(C)sc2-c2ccccc2)C1. The van der Waals surface area contributed by atoms with E-state index in [1.807, 2.05) is 67.3 Å². The summed E-state index contributed by atoms with van der Waals surface area (Å²) in [4.78, 5) is 29.3. The zero-order valence-electron chi connectivity index (χ0n) is 17.0. The number of hydrogen-bond acceptors (Lipinski definition) is 4. The molecule has 1 aliphatic heterocycles. The second-order valence-electron chi connectivity index (χ2n) is 7.77. The number of para-hydroxylation sites is 1. The van der Waals surface area contributed by atoms with Gasteiger partial charge in [0.2, 0.25) is 0 Å². The van der Waals surface area contributed by atoms with Crippen LogP contribution >= 0.6 is 11.3 Å². The predicted molar refractivity (Wildman–Crippen MR) is 121 cm³/mol. The molecule has 0 bridgehead atoms. The van der Waals surface area contributed by atoms with Crippen LogP contribution < -0.4 is 0 Å². The number of H-pyrrole nitrogens is 1. The fourth-order valence-electron chi connectivity index (χ4n) is 4.10. The van der Waals surface area contributed by atoms with Crippen LogP contribution in [0.4, 0.5) is 0 Å². The van der Waals surface area contributed by atoms with Gasteiger partial charge in [-0.25, -0.2) is 9.97 Å². The van der Waals surface area contributed by atoms with Crippen LogP contribution in [0.5, 0.6) is 0 Å². The van der Waals surface area contributed by atoms with Crippen molar-refractivity contribution in [1.29, 1.82) is 0 Å². The minimum atomic E-state index is -0.164. The number of thiazole rings is 1. The van der Waals surface area contributed by atoms with Crippen molar-refractivity contribution in [3.05, 3.63) is 82.8 Å². The van der Waals surface area contributed by atoms with Gasteiger partial charge in [-0.05, 0) is 37.5 Å². The molecule has 4 aromatic rings. The van der Waals surface area contributed by atoms with Crippen LogP contribution in [0, 0.1) is 13.8 Å². The molecule has 3 heterocycles. The summed E-state index contributed by atoms with van der Waals surface area (Å²) in [5, 5.41) is 0.881. The number of hydrogen-bond donors (Lipinski definition) is 1. The zero-order chi connectivity index (χ0) is 20.8. The van der Waals surface area contributed by atoms with E-state index >= 15 is 0 Å². The molecule has 1 aliphatic rings. The number of aromatic amines is 1. The van der Waals surface area contributed by atoms with E-state index in [-0.39, 0.29) is 11.9 Å². The number of aromatic nitrogens is 3. The topological polar surface area (TPSA) is 61.9 Å². The molecule has 1 amide bonds. The number of rotatable bonds is 3. The van der Waals surface area contributed by atoms with Crippen LogP contribution in [0.25, 0.3) is 21.5 Å². The van der Waals surface area contributed by atoms with Crippen LogP contribution in [0.2, 0.25) is 0 Å². The monoisotopic (exact) mass is 414 g/mol. The number of imidazole rings is 1. The average Bonchev–Trinajstić information content (AvgIpc) is 3.45. The summed E-state index contributed by atoms with van der Waals surface area (Å²) in [6.45, 7) is 8.67. The zero-order valence-corrected chi connectivity index (χ0v) is 17.8. The summed E-state index contributed by atoms with van der Waals surface area (Å²) in [7, 11) is 0. The first-order chi connectivity index (χ1) is 14.5. The molecule has 0 aliphatic carbocycles. The van der Waals surface area contributed by atoms with E-state index in [4.69, 9.17) is 4.98 Å². The van der Waals surface area contributed by atoms with E-state index in [0.29, 0.717) is 18.7 Å². The Morgan fingerprint density at radius 2 is 1.93 bits per heavy atom. The maximum absolute atomic E-state index is 13.7. The Bertz CT molecular complexity index is 1270. The van der Waals surface area contributed by atoms with Gasteiger partial charge in [0.05, 0.1) is 27.0 Å². The van der Waals surface area contributed by atoms with Crippen LogP contribution in [0.15, 0.2) is 60.7 Å². The van der Waals surface area contributed by atoms with E-state index in [9.17, 15) is 4.79 Å². The van der Waals surface area contributed by atoms with Crippen molar-refractivity contribution >= 4 is 28.3 Å². The maximum Gasteiger partial charge on any atom is 0.274 e.